The van der Waals surface area contributed by atoms with E-state index in [4.69, 9.17) is 44.0 Å². The molecule has 0 amide bonds. The zero-order valence-electron chi connectivity index (χ0n) is 87.5. The van der Waals surface area contributed by atoms with Crippen LogP contribution in [0.2, 0.25) is 0 Å². The summed E-state index contributed by atoms with van der Waals surface area (Å²) in [5.74, 6) is 1.04. The highest BCUT2D eigenvalue weighted by atomic mass is 16.3. The maximum atomic E-state index is 7.92. The molecule has 0 atom stereocenters. The predicted molar refractivity (Wildman–Crippen MR) is 589 cm³/mol. The van der Waals surface area contributed by atoms with Gasteiger partial charge in [-0.15, -0.1) is 0 Å². The van der Waals surface area contributed by atoms with Crippen LogP contribution in [-0.2, 0) is 47.5 Å². The van der Waals surface area contributed by atoms with Crippen molar-refractivity contribution in [2.75, 3.05) is 0 Å². The van der Waals surface area contributed by atoms with Gasteiger partial charge in [0.05, 0.1) is 48.5 Å². The summed E-state index contributed by atoms with van der Waals surface area (Å²) in [6.07, 6.45) is 3.09. The maximum Gasteiger partial charge on any atom is 0.216 e. The topological polar surface area (TPSA) is 85.5 Å². The summed E-state index contributed by atoms with van der Waals surface area (Å²) < 4.78 is 36.2. The van der Waals surface area contributed by atoms with Crippen LogP contribution in [-0.4, -0.2) is 0 Å². The summed E-state index contributed by atoms with van der Waals surface area (Å²) in [7, 11) is 8.56. The van der Waals surface area contributed by atoms with Gasteiger partial charge in [-0.2, -0.15) is 18.3 Å². The van der Waals surface area contributed by atoms with Crippen LogP contribution in [0.5, 0.6) is 0 Å². The molecule has 12 nitrogen and oxygen atoms in total. The minimum absolute atomic E-state index is 0.197. The lowest BCUT2D eigenvalue weighted by Crippen LogP contribution is -2.36. The van der Waals surface area contributed by atoms with E-state index in [1.807, 2.05) is 100 Å². The molecule has 8 aromatic heterocycles. The largest absolute Gasteiger partial charge is 0.456 e. The lowest BCUT2D eigenvalue weighted by Gasteiger charge is -2.19. The van der Waals surface area contributed by atoms with Gasteiger partial charge in [0.2, 0.25) is 45.5 Å². The molecule has 0 aliphatic carbocycles. The summed E-state index contributed by atoms with van der Waals surface area (Å²) >= 11 is 0. The molecule has 12 aromatic carbocycles. The van der Waals surface area contributed by atoms with Gasteiger partial charge in [0, 0.05) is 140 Å². The average molecular weight is 1870 g/mol. The molecule has 0 aliphatic rings. The van der Waals surface area contributed by atoms with Gasteiger partial charge in [-0.3, -0.25) is 0 Å². The first kappa shape index (κ1) is 98.0. The molecule has 0 saturated heterocycles. The van der Waals surface area contributed by atoms with Crippen LogP contribution < -0.4 is 18.3 Å². The standard InChI is InChI=1S/2C33H33N2O.2C32H31N2O/c1-20-14-16-25-26-18-21(2)30(34-7)29(23-12-10-9-11-13-23)32(26)36-31(25)28(20)27-17-15-24(19-33(4,5)6)22(3)35(27)8;1-20-14-15-25-26-16-21(2)30(34-7)29(24-12-10-9-11-13-24)32(26)36-31(25)28(20)27-18-23(19-33(4,5)6)17-22(3)35(27)8;1-18(2)25-17-27(34(8)22(6)21(25)5)28-19(3)14-15-24-26-16-20(4)30(33-7)29(32(26)35-31(24)28)23-12-10-9-11-13-23;1-19(2)17-24-14-16-27(34(7)22(24)5)28-20(3)13-15-25-26-18-21(4)30(33-6)29(32(26)35-31(25)28)23-11-9-8-10-12-23/h2*9-18H,19H2,1-6,8H3;9-18H,1-6,8H3;8-16,18-19H,17H2,1-5,7H3/q4*+1. The molecule has 142 heavy (non-hydrogen) atoms. The number of rotatable bonds is 13. The first-order valence-electron chi connectivity index (χ1n) is 49.4. The summed E-state index contributed by atoms with van der Waals surface area (Å²) in [6, 6.07) is 82.3. The predicted octanol–water partition coefficient (Wildman–Crippen LogP) is 34.7. The highest BCUT2D eigenvalue weighted by Crippen LogP contribution is 2.53. The third kappa shape index (κ3) is 18.0. The monoisotopic (exact) mass is 1870 g/mol. The Morgan fingerprint density at radius 2 is 0.556 bits per heavy atom. The van der Waals surface area contributed by atoms with Crippen LogP contribution in [0.25, 0.3) is 197 Å². The van der Waals surface area contributed by atoms with Gasteiger partial charge in [-0.25, -0.2) is 19.4 Å². The van der Waals surface area contributed by atoms with Crippen molar-refractivity contribution in [1.29, 1.82) is 0 Å². The minimum atomic E-state index is 0.197. The van der Waals surface area contributed by atoms with Gasteiger partial charge < -0.3 is 17.7 Å². The lowest BCUT2D eigenvalue weighted by molar-refractivity contribution is -0.667. The molecular weight excluding hydrogens is 1740 g/mol. The van der Waals surface area contributed by atoms with Gasteiger partial charge in [0.15, 0.2) is 22.8 Å². The van der Waals surface area contributed by atoms with Gasteiger partial charge >= 0.3 is 0 Å². The van der Waals surface area contributed by atoms with Crippen molar-refractivity contribution < 1.29 is 35.9 Å². The zero-order valence-corrected chi connectivity index (χ0v) is 87.5. The van der Waals surface area contributed by atoms with Gasteiger partial charge in [-0.1, -0.05) is 263 Å². The van der Waals surface area contributed by atoms with Crippen molar-refractivity contribution in [2.45, 2.75) is 184 Å². The maximum absolute atomic E-state index is 7.92. The fourth-order valence-corrected chi connectivity index (χ4v) is 21.3. The number of hydrogen-bond acceptors (Lipinski definition) is 4. The molecule has 0 spiro atoms. The molecule has 708 valence electrons. The van der Waals surface area contributed by atoms with Crippen molar-refractivity contribution in [3.05, 3.63) is 377 Å². The first-order valence-corrected chi connectivity index (χ1v) is 49.4. The molecule has 0 aliphatic heterocycles. The second-order valence-electron chi connectivity index (χ2n) is 42.2. The Hall–Kier alpha value is -15.6. The highest BCUT2D eigenvalue weighted by molar-refractivity contribution is 6.20. The van der Waals surface area contributed by atoms with Gasteiger partial charge in [-0.05, 0) is 194 Å². The van der Waals surface area contributed by atoms with Crippen molar-refractivity contribution in [1.82, 2.24) is 0 Å². The van der Waals surface area contributed by atoms with E-state index in [0.29, 0.717) is 34.6 Å². The van der Waals surface area contributed by atoms with Crippen molar-refractivity contribution >= 4 is 111 Å². The fraction of sp³-hybridized carbons (Fsp3) is 0.262. The van der Waals surface area contributed by atoms with Crippen LogP contribution in [0.4, 0.5) is 22.7 Å². The smallest absolute Gasteiger partial charge is 0.216 e. The molecule has 12 heteroatoms. The van der Waals surface area contributed by atoms with Crippen molar-refractivity contribution in [3.63, 3.8) is 0 Å². The van der Waals surface area contributed by atoms with E-state index in [0.717, 1.165) is 219 Å². The Morgan fingerprint density at radius 1 is 0.275 bits per heavy atom. The quantitative estimate of drug-likeness (QED) is 0.0850. The normalized spacial score (nSPS) is 11.7. The third-order valence-electron chi connectivity index (χ3n) is 28.9. The lowest BCUT2D eigenvalue weighted by atomic mass is 9.87. The van der Waals surface area contributed by atoms with Crippen LogP contribution in [0.3, 0.4) is 0 Å². The van der Waals surface area contributed by atoms with Crippen molar-refractivity contribution in [2.24, 2.45) is 44.9 Å². The Morgan fingerprint density at radius 3 is 0.852 bits per heavy atom. The number of benzene rings is 12. The number of aromatic nitrogens is 4. The van der Waals surface area contributed by atoms with E-state index < -0.39 is 0 Å². The van der Waals surface area contributed by atoms with Crippen LogP contribution in [0.15, 0.2) is 254 Å². The second-order valence-corrected chi connectivity index (χ2v) is 42.2. The van der Waals surface area contributed by atoms with Gasteiger partial charge in [0.1, 0.15) is 72.9 Å². The third-order valence-corrected chi connectivity index (χ3v) is 28.9. The Labute approximate surface area is 837 Å². The molecule has 0 fully saturated rings. The van der Waals surface area contributed by atoms with Gasteiger partial charge in [0.25, 0.3) is 0 Å². The SMILES string of the molecule is [C-]#[N+]c1c(C)cc2c(oc3c(-c4cc(C(C)C)c(C)c(C)[n+]4C)c(C)ccc32)c1-c1ccccc1.[C-]#[N+]c1c(C)cc2c(oc3c(-c4cc(CC(C)(C)C)cc(C)[n+]4C)c(C)ccc32)c1-c1ccccc1.[C-]#[N+]c1c(C)cc2c(oc3c(-c4ccc(CC(C)(C)C)c(C)[n+]4C)c(C)ccc32)c1-c1ccccc1.[C-]#[N+]c1c(C)cc2c(oc3c(-c4ccc(CC(C)C)c(C)[n+]4C)c(C)ccc32)c1-c1ccccc1. The molecule has 0 saturated carbocycles. The zero-order chi connectivity index (χ0) is 101. The summed E-state index contributed by atoms with van der Waals surface area (Å²) in [5.41, 5.74) is 46.6. The summed E-state index contributed by atoms with van der Waals surface area (Å²) in [5, 5.41) is 8.56. The number of pyridine rings is 4. The summed E-state index contributed by atoms with van der Waals surface area (Å²) in [6.45, 7) is 82.0. The number of aryl methyl sites for hydroxylation is 9. The van der Waals surface area contributed by atoms with E-state index >= 15 is 0 Å². The molecule has 20 aromatic rings. The number of fused-ring (bicyclic) bond motifs is 12. The average Bonchev–Trinajstić information content (AvgIpc) is 1.62. The summed E-state index contributed by atoms with van der Waals surface area (Å²) in [4.78, 5) is 15.7. The Kier molecular flexibility index (Phi) is 26.8. The van der Waals surface area contributed by atoms with Crippen LogP contribution >= 0.6 is 0 Å². The van der Waals surface area contributed by atoms with E-state index in [1.165, 1.54) is 72.8 Å². The second kappa shape index (κ2) is 38.9. The molecule has 0 unspecified atom stereocenters. The van der Waals surface area contributed by atoms with Crippen LogP contribution in [0.1, 0.15) is 170 Å². The molecular formula is C130H128N8O4+4. The Bertz CT molecular complexity index is 8670. The number of furan rings is 4. The van der Waals surface area contributed by atoms with E-state index in [9.17, 15) is 0 Å². The number of nitrogens with zero attached hydrogens (tertiary/aromatic N) is 8. The molecule has 20 rings (SSSR count). The molecule has 0 radical (unpaired) electrons. The molecule has 0 N–H and O–H groups in total. The first-order chi connectivity index (χ1) is 67.7. The van der Waals surface area contributed by atoms with E-state index in [-0.39, 0.29) is 10.8 Å². The van der Waals surface area contributed by atoms with Crippen LogP contribution in [0, 0.1) is 133 Å². The number of hydrogen-bond donors (Lipinski definition) is 0. The van der Waals surface area contributed by atoms with E-state index in [2.05, 4.69) is 361 Å². The minimum Gasteiger partial charge on any atom is -0.456 e. The van der Waals surface area contributed by atoms with Crippen molar-refractivity contribution in [3.8, 4) is 89.5 Å². The van der Waals surface area contributed by atoms with E-state index in [1.54, 1.807) is 0 Å². The molecule has 0 bridgehead atoms. The Balaban J connectivity index is 0.000000130. The fourth-order valence-electron chi connectivity index (χ4n) is 21.3. The highest BCUT2D eigenvalue weighted by Gasteiger charge is 2.34. The molecule has 8 heterocycles.